The largest absolute Gasteiger partial charge is 0.370 e. The first kappa shape index (κ1) is 12.7. The summed E-state index contributed by atoms with van der Waals surface area (Å²) in [6.07, 6.45) is 5.85. The van der Waals surface area contributed by atoms with Gasteiger partial charge in [-0.1, -0.05) is 12.8 Å². The van der Waals surface area contributed by atoms with Gasteiger partial charge in [-0.15, -0.1) is 11.3 Å². The zero-order valence-corrected chi connectivity index (χ0v) is 12.0. The number of piperazine rings is 1. The maximum absolute atomic E-state index is 6.06. The molecular weight excluding hydrogens is 258 g/mol. The minimum Gasteiger partial charge on any atom is -0.370 e. The average Bonchev–Trinajstić information content (AvgIpc) is 3.10. The molecule has 0 unspecified atom stereocenters. The Hall–Kier alpha value is -1.30. The Labute approximate surface area is 118 Å². The monoisotopic (exact) mass is 279 g/mol. The van der Waals surface area contributed by atoms with Gasteiger partial charge in [0, 0.05) is 44.3 Å². The molecule has 0 amide bonds. The SMILES string of the molecule is NC(=NCCC1CC1)N1CCN(c2nccs2)CC1. The van der Waals surface area contributed by atoms with E-state index in [4.69, 9.17) is 5.73 Å². The summed E-state index contributed by atoms with van der Waals surface area (Å²) in [5.41, 5.74) is 6.06. The second-order valence-corrected chi connectivity index (χ2v) is 6.13. The van der Waals surface area contributed by atoms with Crippen LogP contribution in [0.15, 0.2) is 16.6 Å². The zero-order valence-electron chi connectivity index (χ0n) is 11.2. The average molecular weight is 279 g/mol. The fourth-order valence-corrected chi connectivity index (χ4v) is 3.06. The molecule has 2 heterocycles. The highest BCUT2D eigenvalue weighted by molar-refractivity contribution is 7.13. The summed E-state index contributed by atoms with van der Waals surface area (Å²) in [6.45, 7) is 4.73. The second-order valence-electron chi connectivity index (χ2n) is 5.26. The molecule has 104 valence electrons. The van der Waals surface area contributed by atoms with Crippen LogP contribution in [-0.2, 0) is 0 Å². The van der Waals surface area contributed by atoms with Gasteiger partial charge < -0.3 is 15.5 Å². The molecule has 0 aromatic carbocycles. The van der Waals surface area contributed by atoms with Crippen molar-refractivity contribution >= 4 is 22.4 Å². The molecule has 19 heavy (non-hydrogen) atoms. The van der Waals surface area contributed by atoms with E-state index in [1.807, 2.05) is 11.6 Å². The van der Waals surface area contributed by atoms with Crippen molar-refractivity contribution < 1.29 is 0 Å². The van der Waals surface area contributed by atoms with Crippen LogP contribution in [0.5, 0.6) is 0 Å². The first-order valence-corrected chi connectivity index (χ1v) is 7.90. The van der Waals surface area contributed by atoms with Gasteiger partial charge in [0.1, 0.15) is 0 Å². The normalized spacial score (nSPS) is 20.9. The molecule has 1 saturated carbocycles. The lowest BCUT2D eigenvalue weighted by Gasteiger charge is -2.35. The summed E-state index contributed by atoms with van der Waals surface area (Å²) in [4.78, 5) is 13.4. The van der Waals surface area contributed by atoms with E-state index in [-0.39, 0.29) is 0 Å². The lowest BCUT2D eigenvalue weighted by Crippen LogP contribution is -2.51. The minimum absolute atomic E-state index is 0.722. The predicted molar refractivity (Wildman–Crippen MR) is 79.7 cm³/mol. The number of aromatic nitrogens is 1. The van der Waals surface area contributed by atoms with Crippen molar-refractivity contribution in [2.45, 2.75) is 19.3 Å². The van der Waals surface area contributed by atoms with Crippen molar-refractivity contribution in [2.75, 3.05) is 37.6 Å². The number of nitrogens with two attached hydrogens (primary N) is 1. The molecule has 5 nitrogen and oxygen atoms in total. The standard InChI is InChI=1S/C13H21N5S/c14-12(15-4-3-11-1-2-11)17-6-8-18(9-7-17)13-16-5-10-19-13/h5,10-11H,1-4,6-9H2,(H2,14,15). The second kappa shape index (κ2) is 5.77. The number of nitrogens with zero attached hydrogens (tertiary/aromatic N) is 4. The van der Waals surface area contributed by atoms with Crippen LogP contribution in [0.2, 0.25) is 0 Å². The Morgan fingerprint density at radius 1 is 1.37 bits per heavy atom. The van der Waals surface area contributed by atoms with E-state index in [1.54, 1.807) is 11.3 Å². The number of aliphatic imine (C=N–C) groups is 1. The van der Waals surface area contributed by atoms with Gasteiger partial charge in [-0.3, -0.25) is 4.99 Å². The number of guanidine groups is 1. The summed E-state index contributed by atoms with van der Waals surface area (Å²) >= 11 is 1.70. The van der Waals surface area contributed by atoms with E-state index in [0.29, 0.717) is 0 Å². The molecule has 2 aliphatic rings. The molecule has 0 bridgehead atoms. The Morgan fingerprint density at radius 2 is 2.16 bits per heavy atom. The summed E-state index contributed by atoms with van der Waals surface area (Å²) in [5.74, 6) is 1.65. The third kappa shape index (κ3) is 3.37. The van der Waals surface area contributed by atoms with Crippen LogP contribution in [0.3, 0.4) is 0 Å². The molecule has 0 spiro atoms. The van der Waals surface area contributed by atoms with Crippen LogP contribution in [-0.4, -0.2) is 48.6 Å². The smallest absolute Gasteiger partial charge is 0.191 e. The number of hydrogen-bond donors (Lipinski definition) is 1. The lowest BCUT2D eigenvalue weighted by atomic mass is 10.3. The first-order valence-electron chi connectivity index (χ1n) is 7.02. The van der Waals surface area contributed by atoms with Crippen molar-refractivity contribution in [3.63, 3.8) is 0 Å². The van der Waals surface area contributed by atoms with E-state index in [2.05, 4.69) is 19.8 Å². The predicted octanol–water partition coefficient (Wildman–Crippen LogP) is 1.38. The maximum Gasteiger partial charge on any atom is 0.191 e. The Balaban J connectivity index is 1.46. The van der Waals surface area contributed by atoms with Crippen LogP contribution in [0.25, 0.3) is 0 Å². The summed E-state index contributed by atoms with van der Waals surface area (Å²) < 4.78 is 0. The molecule has 1 aliphatic heterocycles. The molecule has 1 aromatic rings. The van der Waals surface area contributed by atoms with Crippen LogP contribution in [0.4, 0.5) is 5.13 Å². The van der Waals surface area contributed by atoms with E-state index < -0.39 is 0 Å². The van der Waals surface area contributed by atoms with E-state index in [1.165, 1.54) is 19.3 Å². The van der Waals surface area contributed by atoms with Gasteiger partial charge >= 0.3 is 0 Å². The highest BCUT2D eigenvalue weighted by Crippen LogP contribution is 2.32. The van der Waals surface area contributed by atoms with Gasteiger partial charge in [0.05, 0.1) is 0 Å². The molecule has 0 atom stereocenters. The quantitative estimate of drug-likeness (QED) is 0.668. The van der Waals surface area contributed by atoms with Gasteiger partial charge in [-0.2, -0.15) is 0 Å². The minimum atomic E-state index is 0.722. The Kier molecular flexibility index (Phi) is 3.87. The van der Waals surface area contributed by atoms with Gasteiger partial charge in [0.25, 0.3) is 0 Å². The maximum atomic E-state index is 6.06. The molecular formula is C13H21N5S. The number of hydrogen-bond acceptors (Lipinski definition) is 4. The molecule has 2 N–H and O–H groups in total. The van der Waals surface area contributed by atoms with Crippen molar-refractivity contribution in [3.8, 4) is 0 Å². The highest BCUT2D eigenvalue weighted by atomic mass is 32.1. The highest BCUT2D eigenvalue weighted by Gasteiger charge is 2.21. The van der Waals surface area contributed by atoms with Gasteiger partial charge in [-0.05, 0) is 12.3 Å². The number of rotatable bonds is 4. The van der Waals surface area contributed by atoms with E-state index >= 15 is 0 Å². The Bertz CT molecular complexity index is 418. The van der Waals surface area contributed by atoms with Crippen LogP contribution >= 0.6 is 11.3 Å². The molecule has 2 fully saturated rings. The van der Waals surface area contributed by atoms with E-state index in [9.17, 15) is 0 Å². The molecule has 1 aliphatic carbocycles. The van der Waals surface area contributed by atoms with Crippen molar-refractivity contribution in [1.82, 2.24) is 9.88 Å². The Morgan fingerprint density at radius 3 is 2.79 bits per heavy atom. The van der Waals surface area contributed by atoms with Gasteiger partial charge in [0.2, 0.25) is 0 Å². The molecule has 1 saturated heterocycles. The third-order valence-electron chi connectivity index (χ3n) is 3.80. The number of thiazole rings is 1. The van der Waals surface area contributed by atoms with Crippen LogP contribution in [0, 0.1) is 5.92 Å². The lowest BCUT2D eigenvalue weighted by molar-refractivity contribution is 0.380. The van der Waals surface area contributed by atoms with Crippen molar-refractivity contribution in [2.24, 2.45) is 16.6 Å². The van der Waals surface area contributed by atoms with Crippen molar-refractivity contribution in [1.29, 1.82) is 0 Å². The number of anilines is 1. The first-order chi connectivity index (χ1) is 9.33. The molecule has 1 aromatic heterocycles. The third-order valence-corrected chi connectivity index (χ3v) is 4.63. The topological polar surface area (TPSA) is 57.8 Å². The summed E-state index contributed by atoms with van der Waals surface area (Å²) in [7, 11) is 0. The van der Waals surface area contributed by atoms with Gasteiger partial charge in [-0.25, -0.2) is 4.98 Å². The summed E-state index contributed by atoms with van der Waals surface area (Å²) in [5, 5.41) is 3.14. The van der Waals surface area contributed by atoms with Crippen LogP contribution < -0.4 is 10.6 Å². The molecule has 3 rings (SSSR count). The van der Waals surface area contributed by atoms with Gasteiger partial charge in [0.15, 0.2) is 11.1 Å². The van der Waals surface area contributed by atoms with Crippen molar-refractivity contribution in [3.05, 3.63) is 11.6 Å². The fraction of sp³-hybridized carbons (Fsp3) is 0.692. The molecule has 6 heteroatoms. The zero-order chi connectivity index (χ0) is 13.1. The fourth-order valence-electron chi connectivity index (χ4n) is 2.37. The van der Waals surface area contributed by atoms with Crippen LogP contribution in [0.1, 0.15) is 19.3 Å². The van der Waals surface area contributed by atoms with E-state index in [0.717, 1.165) is 49.7 Å². The summed E-state index contributed by atoms with van der Waals surface area (Å²) in [6, 6.07) is 0. The molecule has 0 radical (unpaired) electrons.